The zero-order valence-corrected chi connectivity index (χ0v) is 11.1. The van der Waals surface area contributed by atoms with Gasteiger partial charge in [0, 0.05) is 25.6 Å². The predicted molar refractivity (Wildman–Crippen MR) is 69.4 cm³/mol. The van der Waals surface area contributed by atoms with E-state index in [9.17, 15) is 4.79 Å². The van der Waals surface area contributed by atoms with Crippen LogP contribution in [-0.2, 0) is 9.53 Å². The summed E-state index contributed by atoms with van der Waals surface area (Å²) in [5.74, 6) is 0.663. The third kappa shape index (κ3) is 5.23. The van der Waals surface area contributed by atoms with Crippen molar-refractivity contribution >= 4 is 18.3 Å². The summed E-state index contributed by atoms with van der Waals surface area (Å²) in [7, 11) is 0. The van der Waals surface area contributed by atoms with Crippen molar-refractivity contribution in [2.24, 2.45) is 5.92 Å². The number of hydrogen-bond acceptors (Lipinski definition) is 3. The molecule has 1 heterocycles. The molecule has 1 saturated carbocycles. The molecule has 5 heteroatoms. The largest absolute Gasteiger partial charge is 0.368 e. The Bertz CT molecular complexity index is 229. The average molecular weight is 263 g/mol. The molecule has 1 amide bonds. The molecule has 2 fully saturated rings. The van der Waals surface area contributed by atoms with Crippen LogP contribution in [0.15, 0.2) is 0 Å². The lowest BCUT2D eigenvalue weighted by molar-refractivity contribution is -0.128. The van der Waals surface area contributed by atoms with Crippen LogP contribution >= 0.6 is 12.4 Å². The standard InChI is InChI=1S/C12H22N2O2.ClH/c15-12(14-8-10-6-13-7-10)9-16-11-4-2-1-3-5-11;/h10-11,13H,1-9H2,(H,14,15);1H. The van der Waals surface area contributed by atoms with Crippen LogP contribution in [-0.4, -0.2) is 38.3 Å². The van der Waals surface area contributed by atoms with Crippen LogP contribution < -0.4 is 10.6 Å². The van der Waals surface area contributed by atoms with Crippen molar-refractivity contribution in [1.82, 2.24) is 10.6 Å². The van der Waals surface area contributed by atoms with E-state index in [0.717, 1.165) is 32.5 Å². The SMILES string of the molecule is Cl.O=C(COC1CCCCC1)NCC1CNC1. The minimum atomic E-state index is 0. The Balaban J connectivity index is 0.00000144. The van der Waals surface area contributed by atoms with E-state index in [2.05, 4.69) is 10.6 Å². The molecule has 17 heavy (non-hydrogen) atoms. The Hall–Kier alpha value is -0.320. The molecule has 4 nitrogen and oxygen atoms in total. The molecule has 2 N–H and O–H groups in total. The third-order valence-corrected chi connectivity index (χ3v) is 3.46. The first kappa shape index (κ1) is 14.7. The molecule has 2 aliphatic rings. The topological polar surface area (TPSA) is 50.4 Å². The van der Waals surface area contributed by atoms with E-state index in [1.54, 1.807) is 0 Å². The molecule has 100 valence electrons. The Labute approximate surface area is 109 Å². The number of nitrogens with one attached hydrogen (secondary N) is 2. The van der Waals surface area contributed by atoms with Gasteiger partial charge in [-0.1, -0.05) is 19.3 Å². The van der Waals surface area contributed by atoms with Crippen molar-refractivity contribution in [1.29, 1.82) is 0 Å². The smallest absolute Gasteiger partial charge is 0.246 e. The summed E-state index contributed by atoms with van der Waals surface area (Å²) in [6.45, 7) is 3.10. The summed E-state index contributed by atoms with van der Waals surface area (Å²) in [4.78, 5) is 11.5. The number of hydrogen-bond donors (Lipinski definition) is 2. The molecule has 0 spiro atoms. The lowest BCUT2D eigenvalue weighted by Gasteiger charge is -2.27. The van der Waals surface area contributed by atoms with Gasteiger partial charge < -0.3 is 15.4 Å². The van der Waals surface area contributed by atoms with Crippen LogP contribution in [0.1, 0.15) is 32.1 Å². The molecule has 0 atom stereocenters. The number of carbonyl (C=O) groups is 1. The molecule has 1 aliphatic carbocycles. The van der Waals surface area contributed by atoms with Crippen molar-refractivity contribution in [2.75, 3.05) is 26.2 Å². The highest BCUT2D eigenvalue weighted by molar-refractivity contribution is 5.85. The van der Waals surface area contributed by atoms with E-state index in [1.165, 1.54) is 19.3 Å². The van der Waals surface area contributed by atoms with Crippen LogP contribution in [0, 0.1) is 5.92 Å². The van der Waals surface area contributed by atoms with E-state index in [4.69, 9.17) is 4.74 Å². The minimum absolute atomic E-state index is 0. The van der Waals surface area contributed by atoms with Gasteiger partial charge >= 0.3 is 0 Å². The van der Waals surface area contributed by atoms with Crippen molar-refractivity contribution in [3.63, 3.8) is 0 Å². The van der Waals surface area contributed by atoms with E-state index < -0.39 is 0 Å². The lowest BCUT2D eigenvalue weighted by atomic mass is 9.98. The highest BCUT2D eigenvalue weighted by Crippen LogP contribution is 2.19. The maximum Gasteiger partial charge on any atom is 0.246 e. The van der Waals surface area contributed by atoms with Gasteiger partial charge in [-0.05, 0) is 12.8 Å². The van der Waals surface area contributed by atoms with Crippen LogP contribution in [0.5, 0.6) is 0 Å². The fraction of sp³-hybridized carbons (Fsp3) is 0.917. The molecule has 0 bridgehead atoms. The fourth-order valence-electron chi connectivity index (χ4n) is 2.23. The van der Waals surface area contributed by atoms with E-state index in [1.807, 2.05) is 0 Å². The summed E-state index contributed by atoms with van der Waals surface area (Å²) < 4.78 is 5.60. The van der Waals surface area contributed by atoms with Gasteiger partial charge in [-0.25, -0.2) is 0 Å². The van der Waals surface area contributed by atoms with Crippen molar-refractivity contribution < 1.29 is 9.53 Å². The Morgan fingerprint density at radius 1 is 1.24 bits per heavy atom. The van der Waals surface area contributed by atoms with Gasteiger partial charge in [0.05, 0.1) is 6.10 Å². The Morgan fingerprint density at radius 2 is 1.94 bits per heavy atom. The van der Waals surface area contributed by atoms with Crippen molar-refractivity contribution in [3.05, 3.63) is 0 Å². The van der Waals surface area contributed by atoms with E-state index in [0.29, 0.717) is 12.0 Å². The first-order valence-corrected chi connectivity index (χ1v) is 6.43. The molecule has 0 aromatic rings. The molecule has 0 aromatic heterocycles. The lowest BCUT2D eigenvalue weighted by Crippen LogP contribution is -2.48. The van der Waals surface area contributed by atoms with Crippen molar-refractivity contribution in [3.8, 4) is 0 Å². The normalized spacial score (nSPS) is 21.4. The van der Waals surface area contributed by atoms with Gasteiger partial charge in [-0.3, -0.25) is 4.79 Å². The maximum atomic E-state index is 11.5. The Morgan fingerprint density at radius 3 is 2.53 bits per heavy atom. The zero-order valence-electron chi connectivity index (χ0n) is 10.2. The second-order valence-electron chi connectivity index (χ2n) is 4.90. The molecular weight excluding hydrogens is 240 g/mol. The van der Waals surface area contributed by atoms with Crippen LogP contribution in [0.25, 0.3) is 0 Å². The number of amides is 1. The quantitative estimate of drug-likeness (QED) is 0.780. The second kappa shape index (κ2) is 7.90. The first-order chi connectivity index (χ1) is 7.84. The highest BCUT2D eigenvalue weighted by Gasteiger charge is 2.18. The number of carbonyl (C=O) groups excluding carboxylic acids is 1. The molecular formula is C12H23ClN2O2. The zero-order chi connectivity index (χ0) is 11.2. The second-order valence-corrected chi connectivity index (χ2v) is 4.90. The summed E-state index contributed by atoms with van der Waals surface area (Å²) in [5, 5.41) is 6.11. The first-order valence-electron chi connectivity index (χ1n) is 6.43. The Kier molecular flexibility index (Phi) is 6.85. The molecule has 1 aliphatic heterocycles. The number of ether oxygens (including phenoxy) is 1. The van der Waals surface area contributed by atoms with Crippen LogP contribution in [0.2, 0.25) is 0 Å². The molecule has 2 rings (SSSR count). The van der Waals surface area contributed by atoms with Gasteiger partial charge in [0.1, 0.15) is 6.61 Å². The average Bonchev–Trinajstić information content (AvgIpc) is 2.26. The van der Waals surface area contributed by atoms with Gasteiger partial charge in [-0.15, -0.1) is 12.4 Å². The molecule has 0 radical (unpaired) electrons. The number of halogens is 1. The van der Waals surface area contributed by atoms with Crippen LogP contribution in [0.3, 0.4) is 0 Å². The third-order valence-electron chi connectivity index (χ3n) is 3.46. The monoisotopic (exact) mass is 262 g/mol. The molecule has 0 unspecified atom stereocenters. The van der Waals surface area contributed by atoms with Gasteiger partial charge in [0.15, 0.2) is 0 Å². The summed E-state index contributed by atoms with van der Waals surface area (Å²) in [6.07, 6.45) is 6.39. The van der Waals surface area contributed by atoms with Gasteiger partial charge in [0.2, 0.25) is 5.91 Å². The summed E-state index contributed by atoms with van der Waals surface area (Å²) in [5.41, 5.74) is 0. The summed E-state index contributed by atoms with van der Waals surface area (Å²) >= 11 is 0. The highest BCUT2D eigenvalue weighted by atomic mass is 35.5. The van der Waals surface area contributed by atoms with Gasteiger partial charge in [-0.2, -0.15) is 0 Å². The van der Waals surface area contributed by atoms with Gasteiger partial charge in [0.25, 0.3) is 0 Å². The molecule has 1 saturated heterocycles. The fourth-order valence-corrected chi connectivity index (χ4v) is 2.23. The number of rotatable bonds is 5. The van der Waals surface area contributed by atoms with Crippen LogP contribution in [0.4, 0.5) is 0 Å². The van der Waals surface area contributed by atoms with E-state index >= 15 is 0 Å². The molecule has 0 aromatic carbocycles. The van der Waals surface area contributed by atoms with Crippen molar-refractivity contribution in [2.45, 2.75) is 38.2 Å². The minimum Gasteiger partial charge on any atom is -0.368 e. The van der Waals surface area contributed by atoms with E-state index in [-0.39, 0.29) is 24.9 Å². The predicted octanol–water partition coefficient (Wildman–Crippen LogP) is 1.09. The summed E-state index contributed by atoms with van der Waals surface area (Å²) in [6, 6.07) is 0. The maximum absolute atomic E-state index is 11.5.